The molecule has 0 radical (unpaired) electrons. The van der Waals surface area contributed by atoms with Gasteiger partial charge >= 0.3 is 5.97 Å². The fraction of sp³-hybridized carbons (Fsp3) is 0.423. The summed E-state index contributed by atoms with van der Waals surface area (Å²) in [5.41, 5.74) is 0.645. The third-order valence-corrected chi connectivity index (χ3v) is 6.68. The summed E-state index contributed by atoms with van der Waals surface area (Å²) in [6, 6.07) is 12.8. The summed E-state index contributed by atoms with van der Waals surface area (Å²) >= 11 is 0. The van der Waals surface area contributed by atoms with Crippen molar-refractivity contribution in [2.75, 3.05) is 25.1 Å². The number of esters is 1. The van der Waals surface area contributed by atoms with Gasteiger partial charge in [-0.25, -0.2) is 0 Å². The van der Waals surface area contributed by atoms with E-state index in [4.69, 9.17) is 4.74 Å². The van der Waals surface area contributed by atoms with Gasteiger partial charge in [0.25, 0.3) is 0 Å². The van der Waals surface area contributed by atoms with Crippen molar-refractivity contribution in [2.45, 2.75) is 26.3 Å². The van der Waals surface area contributed by atoms with Crippen molar-refractivity contribution in [3.63, 3.8) is 0 Å². The van der Waals surface area contributed by atoms with E-state index in [1.54, 1.807) is 6.92 Å². The van der Waals surface area contributed by atoms with Crippen molar-refractivity contribution in [1.29, 1.82) is 0 Å². The molecule has 0 saturated carbocycles. The van der Waals surface area contributed by atoms with Crippen LogP contribution in [0, 0.1) is 23.7 Å². The molecule has 33 heavy (non-hydrogen) atoms. The lowest BCUT2D eigenvalue weighted by Crippen LogP contribution is -2.44. The summed E-state index contributed by atoms with van der Waals surface area (Å²) < 4.78 is 5.27. The molecular weight excluding hydrogens is 420 g/mol. The number of anilines is 1. The van der Waals surface area contributed by atoms with Gasteiger partial charge in [-0.1, -0.05) is 49.4 Å². The van der Waals surface area contributed by atoms with E-state index in [-0.39, 0.29) is 37.5 Å². The third kappa shape index (κ3) is 4.37. The number of rotatable bonds is 7. The second-order valence-corrected chi connectivity index (χ2v) is 8.73. The number of carbonyl (C=O) groups is 3. The quantitative estimate of drug-likeness (QED) is 0.499. The molecule has 1 saturated heterocycles. The van der Waals surface area contributed by atoms with E-state index in [0.717, 1.165) is 10.8 Å². The number of hydrogen-bond acceptors (Lipinski definition) is 5. The molecule has 1 aliphatic carbocycles. The van der Waals surface area contributed by atoms with Crippen LogP contribution in [-0.4, -0.2) is 53.6 Å². The van der Waals surface area contributed by atoms with Gasteiger partial charge in [-0.3, -0.25) is 14.4 Å². The highest BCUT2D eigenvalue weighted by molar-refractivity contribution is 6.02. The van der Waals surface area contributed by atoms with E-state index in [9.17, 15) is 19.5 Å². The van der Waals surface area contributed by atoms with Crippen LogP contribution in [0.2, 0.25) is 0 Å². The molecule has 1 heterocycles. The number of hydrogen-bond donors (Lipinski definition) is 2. The van der Waals surface area contributed by atoms with E-state index in [1.165, 1.54) is 4.90 Å². The number of benzene rings is 2. The Kier molecular flexibility index (Phi) is 6.79. The molecule has 7 nitrogen and oxygen atoms in total. The highest BCUT2D eigenvalue weighted by Crippen LogP contribution is 2.44. The molecule has 2 aromatic rings. The van der Waals surface area contributed by atoms with Crippen molar-refractivity contribution in [3.8, 4) is 0 Å². The Morgan fingerprint density at radius 1 is 1.12 bits per heavy atom. The molecule has 4 rings (SSSR count). The topological polar surface area (TPSA) is 95.9 Å². The minimum atomic E-state index is -0.763. The SMILES string of the molecule is CCOC(=O)[C@H]1[C@H]2C(=O)N(CCCO)[C@H](C(=O)Nc3ccc4ccccc4c3)[C@H]2C=C[C@H]1C. The average molecular weight is 451 g/mol. The number of aliphatic hydroxyl groups is 1. The number of fused-ring (bicyclic) bond motifs is 2. The lowest BCUT2D eigenvalue weighted by atomic mass is 9.70. The van der Waals surface area contributed by atoms with E-state index >= 15 is 0 Å². The number of amides is 2. The van der Waals surface area contributed by atoms with Gasteiger partial charge in [0.2, 0.25) is 11.8 Å². The van der Waals surface area contributed by atoms with Crippen LogP contribution >= 0.6 is 0 Å². The van der Waals surface area contributed by atoms with Crippen LogP contribution in [0.15, 0.2) is 54.6 Å². The van der Waals surface area contributed by atoms with Crippen molar-refractivity contribution in [3.05, 3.63) is 54.6 Å². The Morgan fingerprint density at radius 3 is 2.61 bits per heavy atom. The minimum absolute atomic E-state index is 0.0916. The van der Waals surface area contributed by atoms with Crippen LogP contribution in [0.4, 0.5) is 5.69 Å². The second kappa shape index (κ2) is 9.75. The highest BCUT2D eigenvalue weighted by atomic mass is 16.5. The number of allylic oxidation sites excluding steroid dienone is 1. The first kappa shape index (κ1) is 23.0. The Bertz CT molecular complexity index is 1080. The largest absolute Gasteiger partial charge is 0.466 e. The molecule has 2 amide bonds. The summed E-state index contributed by atoms with van der Waals surface area (Å²) in [5, 5.41) is 14.4. The number of nitrogens with one attached hydrogen (secondary N) is 1. The molecule has 174 valence electrons. The maximum atomic E-state index is 13.5. The maximum Gasteiger partial charge on any atom is 0.310 e. The van der Waals surface area contributed by atoms with Crippen molar-refractivity contribution in [2.24, 2.45) is 23.7 Å². The maximum absolute atomic E-state index is 13.5. The Hall–Kier alpha value is -3.19. The lowest BCUT2D eigenvalue weighted by molar-refractivity contribution is -0.155. The molecule has 2 N–H and O–H groups in total. The van der Waals surface area contributed by atoms with Crippen molar-refractivity contribution in [1.82, 2.24) is 4.90 Å². The van der Waals surface area contributed by atoms with Crippen LogP contribution in [0.1, 0.15) is 20.3 Å². The smallest absolute Gasteiger partial charge is 0.310 e. The number of aliphatic hydroxyl groups excluding tert-OH is 1. The summed E-state index contributed by atoms with van der Waals surface area (Å²) in [6.45, 7) is 4.02. The zero-order chi connectivity index (χ0) is 23.5. The standard InChI is InChI=1S/C26H30N2O5/c1-3-33-26(32)21-16(2)9-12-20-22(21)25(31)28(13-6-14-29)23(20)24(30)27-19-11-10-17-7-4-5-8-18(17)15-19/h4-5,7-12,15-16,20-23,29H,3,6,13-14H2,1-2H3,(H,27,30)/t16-,20+,21-,22+,23+/m1/s1. The van der Waals surface area contributed by atoms with E-state index in [1.807, 2.05) is 61.5 Å². The van der Waals surface area contributed by atoms with Gasteiger partial charge < -0.3 is 20.1 Å². The molecule has 0 bridgehead atoms. The van der Waals surface area contributed by atoms with Crippen LogP contribution in [0.3, 0.4) is 0 Å². The van der Waals surface area contributed by atoms with Gasteiger partial charge in [0.1, 0.15) is 6.04 Å². The molecule has 2 aliphatic rings. The van der Waals surface area contributed by atoms with Crippen molar-refractivity contribution < 1.29 is 24.2 Å². The predicted molar refractivity (Wildman–Crippen MR) is 125 cm³/mol. The van der Waals surface area contributed by atoms with Gasteiger partial charge in [0, 0.05) is 24.8 Å². The van der Waals surface area contributed by atoms with Gasteiger partial charge in [0.15, 0.2) is 0 Å². The summed E-state index contributed by atoms with van der Waals surface area (Å²) in [4.78, 5) is 41.2. The van der Waals surface area contributed by atoms with Crippen molar-refractivity contribution >= 4 is 34.2 Å². The fourth-order valence-electron chi connectivity index (χ4n) is 5.16. The molecule has 7 heteroatoms. The molecule has 0 aromatic heterocycles. The first-order chi connectivity index (χ1) is 16.0. The Morgan fingerprint density at radius 2 is 1.88 bits per heavy atom. The van der Waals surface area contributed by atoms with E-state index in [0.29, 0.717) is 12.1 Å². The van der Waals surface area contributed by atoms with Gasteiger partial charge in [-0.15, -0.1) is 0 Å². The molecular formula is C26H30N2O5. The number of likely N-dealkylation sites (tertiary alicyclic amines) is 1. The van der Waals surface area contributed by atoms with Gasteiger partial charge in [-0.05, 0) is 42.2 Å². The first-order valence-corrected chi connectivity index (χ1v) is 11.5. The summed E-state index contributed by atoms with van der Waals surface area (Å²) in [6.07, 6.45) is 4.16. The van der Waals surface area contributed by atoms with Crippen LogP contribution in [-0.2, 0) is 19.1 Å². The van der Waals surface area contributed by atoms with Crippen LogP contribution in [0.25, 0.3) is 10.8 Å². The summed E-state index contributed by atoms with van der Waals surface area (Å²) in [7, 11) is 0. The zero-order valence-electron chi connectivity index (χ0n) is 18.9. The average Bonchev–Trinajstić information content (AvgIpc) is 3.09. The fourth-order valence-corrected chi connectivity index (χ4v) is 5.16. The molecule has 1 aliphatic heterocycles. The second-order valence-electron chi connectivity index (χ2n) is 8.73. The van der Waals surface area contributed by atoms with Crippen LogP contribution < -0.4 is 5.32 Å². The number of carbonyl (C=O) groups excluding carboxylic acids is 3. The van der Waals surface area contributed by atoms with Crippen LogP contribution in [0.5, 0.6) is 0 Å². The third-order valence-electron chi connectivity index (χ3n) is 6.68. The number of nitrogens with zero attached hydrogens (tertiary/aromatic N) is 1. The summed E-state index contributed by atoms with van der Waals surface area (Å²) in [5.74, 6) is -2.85. The van der Waals surface area contributed by atoms with E-state index in [2.05, 4.69) is 5.32 Å². The molecule has 5 atom stereocenters. The zero-order valence-corrected chi connectivity index (χ0v) is 18.9. The minimum Gasteiger partial charge on any atom is -0.466 e. The monoisotopic (exact) mass is 450 g/mol. The molecule has 2 aromatic carbocycles. The normalized spacial score (nSPS) is 26.3. The molecule has 0 unspecified atom stereocenters. The Labute approximate surface area is 193 Å². The van der Waals surface area contributed by atoms with E-state index < -0.39 is 29.8 Å². The lowest BCUT2D eigenvalue weighted by Gasteiger charge is -2.32. The molecule has 0 spiro atoms. The Balaban J connectivity index is 1.65. The van der Waals surface area contributed by atoms with Gasteiger partial charge in [0.05, 0.1) is 18.4 Å². The van der Waals surface area contributed by atoms with Gasteiger partial charge in [-0.2, -0.15) is 0 Å². The molecule has 1 fully saturated rings. The predicted octanol–water partition coefficient (Wildman–Crippen LogP) is 2.99. The highest BCUT2D eigenvalue weighted by Gasteiger charge is 2.56. The number of ether oxygens (including phenoxy) is 1. The first-order valence-electron chi connectivity index (χ1n) is 11.5.